The highest BCUT2D eigenvalue weighted by atomic mass is 16.6. The maximum Gasteiger partial charge on any atom is 0.339 e. The van der Waals surface area contributed by atoms with E-state index in [1.54, 1.807) is 24.3 Å². The van der Waals surface area contributed by atoms with Gasteiger partial charge in [0.15, 0.2) is 0 Å². The second-order valence-electron chi connectivity index (χ2n) is 31.6. The van der Waals surface area contributed by atoms with Gasteiger partial charge in [-0.15, -0.1) is 0 Å². The summed E-state index contributed by atoms with van der Waals surface area (Å²) in [6, 6.07) is 18.1. The van der Waals surface area contributed by atoms with Crippen molar-refractivity contribution in [3.63, 3.8) is 0 Å². The van der Waals surface area contributed by atoms with E-state index in [-0.39, 0.29) is 190 Å². The second-order valence-corrected chi connectivity index (χ2v) is 31.6. The molecule has 0 fully saturated rings. The average Bonchev–Trinajstić information content (AvgIpc) is 0.797. The Morgan fingerprint density at radius 3 is 0.629 bits per heavy atom. The number of benzene rings is 5. The van der Waals surface area contributed by atoms with Crippen molar-refractivity contribution in [2.24, 2.45) is 0 Å². The number of amides is 4. The molecule has 4 N–H and O–H groups in total. The fraction of sp³-hybridized carbons (Fsp3) is 0.538. The van der Waals surface area contributed by atoms with Crippen LogP contribution in [0, 0.1) is 47.4 Å². The van der Waals surface area contributed by atoms with Crippen molar-refractivity contribution in [2.45, 2.75) is 326 Å². The topological polar surface area (TPSA) is 274 Å². The van der Waals surface area contributed by atoms with Crippen molar-refractivity contribution in [1.82, 2.24) is 0 Å². The van der Waals surface area contributed by atoms with Crippen LogP contribution in [0.15, 0.2) is 72.8 Å². The second kappa shape index (κ2) is 62.2. The number of nitrogens with one attached hydrogen (secondary N) is 4. The monoisotopic (exact) mass is 1700 g/mol. The summed E-state index contributed by atoms with van der Waals surface area (Å²) in [7, 11) is 0. The molecular formula is C104H138N4O16. The Hall–Kier alpha value is -11.0. The number of carbonyl (C=O) groups is 10. The molecule has 5 aromatic rings. The fourth-order valence-corrected chi connectivity index (χ4v) is 13.2. The summed E-state index contributed by atoms with van der Waals surface area (Å²) in [5, 5.41) is 12.2. The van der Waals surface area contributed by atoms with E-state index in [0.717, 1.165) is 167 Å². The smallest absolute Gasteiger partial charge is 0.339 e. The van der Waals surface area contributed by atoms with Crippen LogP contribution in [0.3, 0.4) is 0 Å². The van der Waals surface area contributed by atoms with Crippen molar-refractivity contribution in [3.8, 4) is 47.4 Å². The summed E-state index contributed by atoms with van der Waals surface area (Å²) in [6.45, 7) is 21.4. The van der Waals surface area contributed by atoms with E-state index in [1.807, 2.05) is 27.7 Å². The predicted octanol–water partition coefficient (Wildman–Crippen LogP) is 23.8. The largest absolute Gasteiger partial charge is 0.462 e. The molecule has 670 valence electrons. The maximum absolute atomic E-state index is 15.1. The summed E-state index contributed by atoms with van der Waals surface area (Å²) >= 11 is 0. The molecule has 0 aliphatic rings. The molecule has 124 heavy (non-hydrogen) atoms. The van der Waals surface area contributed by atoms with Crippen LogP contribution in [-0.4, -0.2) is 99.1 Å². The van der Waals surface area contributed by atoms with Crippen LogP contribution in [0.25, 0.3) is 0 Å². The molecule has 0 aliphatic carbocycles. The number of hydrogen-bond acceptors (Lipinski definition) is 16. The zero-order valence-electron chi connectivity index (χ0n) is 76.0. The number of carbonyl (C=O) groups excluding carboxylic acids is 10. The van der Waals surface area contributed by atoms with Crippen molar-refractivity contribution in [1.29, 1.82) is 0 Å². The lowest BCUT2D eigenvalue weighted by atomic mass is 9.97. The Morgan fingerprint density at radius 1 is 0.210 bits per heavy atom. The summed E-state index contributed by atoms with van der Waals surface area (Å²) in [4.78, 5) is 142. The van der Waals surface area contributed by atoms with E-state index in [2.05, 4.69) is 110 Å². The van der Waals surface area contributed by atoms with E-state index >= 15 is 9.59 Å². The minimum atomic E-state index is -0.799. The zero-order valence-corrected chi connectivity index (χ0v) is 76.0. The van der Waals surface area contributed by atoms with E-state index in [4.69, 9.17) is 28.4 Å². The van der Waals surface area contributed by atoms with Gasteiger partial charge in [0, 0.05) is 47.9 Å². The number of rotatable bonds is 56. The highest BCUT2D eigenvalue weighted by Crippen LogP contribution is 2.31. The van der Waals surface area contributed by atoms with E-state index < -0.39 is 35.8 Å². The number of ether oxygens (including phenoxy) is 6. The maximum atomic E-state index is 15.1. The minimum absolute atomic E-state index is 0.00434. The highest BCUT2D eigenvalue weighted by Gasteiger charge is 2.25. The molecule has 0 atom stereocenters. The number of esters is 6. The molecular weight excluding hydrogens is 1560 g/mol. The molecule has 0 bridgehead atoms. The van der Waals surface area contributed by atoms with Gasteiger partial charge in [0.25, 0.3) is 0 Å². The van der Waals surface area contributed by atoms with Gasteiger partial charge in [-0.05, 0) is 137 Å². The van der Waals surface area contributed by atoms with Crippen molar-refractivity contribution < 1.29 is 76.4 Å². The van der Waals surface area contributed by atoms with Gasteiger partial charge in [-0.3, -0.25) is 19.2 Å². The average molecular weight is 1700 g/mol. The Kier molecular flexibility index (Phi) is 52.0. The van der Waals surface area contributed by atoms with Crippen LogP contribution < -0.4 is 21.3 Å². The first-order valence-corrected chi connectivity index (χ1v) is 46.4. The molecule has 0 aromatic heterocycles. The Bertz CT molecular complexity index is 4260. The highest BCUT2D eigenvalue weighted by molar-refractivity contribution is 6.02. The number of unbranched alkanes of at least 4 members (excludes halogenated alkanes) is 26. The third-order valence-electron chi connectivity index (χ3n) is 20.7. The molecule has 0 unspecified atom stereocenters. The number of hydrogen-bond donors (Lipinski definition) is 4. The molecule has 20 nitrogen and oxygen atoms in total. The quantitative estimate of drug-likeness (QED) is 0.0122. The molecule has 5 aromatic carbocycles. The fourth-order valence-electron chi connectivity index (χ4n) is 13.2. The Morgan fingerprint density at radius 2 is 0.403 bits per heavy atom. The lowest BCUT2D eigenvalue weighted by molar-refractivity contribution is -0.117. The molecule has 0 heterocycles. The normalized spacial score (nSPS) is 10.6. The van der Waals surface area contributed by atoms with Crippen LogP contribution in [0.5, 0.6) is 0 Å². The van der Waals surface area contributed by atoms with Gasteiger partial charge in [0.1, 0.15) is 0 Å². The summed E-state index contributed by atoms with van der Waals surface area (Å²) < 4.78 is 35.1. The lowest BCUT2D eigenvalue weighted by Crippen LogP contribution is -2.15. The summed E-state index contributed by atoms with van der Waals surface area (Å²) in [6.07, 6.45) is 29.7. The van der Waals surface area contributed by atoms with Crippen LogP contribution >= 0.6 is 0 Å². The Labute approximate surface area is 739 Å². The molecule has 4 amide bonds. The van der Waals surface area contributed by atoms with Gasteiger partial charge in [0.2, 0.25) is 23.6 Å². The van der Waals surface area contributed by atoms with Gasteiger partial charge in [0.05, 0.1) is 118 Å². The first-order chi connectivity index (χ1) is 60.3. The molecule has 5 rings (SSSR count). The third kappa shape index (κ3) is 39.3. The van der Waals surface area contributed by atoms with Gasteiger partial charge in [-0.25, -0.2) is 28.8 Å². The molecule has 0 saturated heterocycles. The van der Waals surface area contributed by atoms with Gasteiger partial charge in [-0.2, -0.15) is 0 Å². The van der Waals surface area contributed by atoms with Crippen molar-refractivity contribution in [2.75, 3.05) is 60.9 Å². The van der Waals surface area contributed by atoms with Crippen LogP contribution in [-0.2, 0) is 47.6 Å². The lowest BCUT2D eigenvalue weighted by Gasteiger charge is -2.14. The Balaban J connectivity index is 1.92. The van der Waals surface area contributed by atoms with Crippen LogP contribution in [0.4, 0.5) is 22.7 Å². The first kappa shape index (κ1) is 104. The van der Waals surface area contributed by atoms with E-state index in [9.17, 15) is 38.4 Å². The zero-order chi connectivity index (χ0) is 89.9. The standard InChI is InChI=1S/C104H138N4O16/c1-11-21-31-41-63-119-99(113)85-59-61-87(101(115)121-65-43-33-23-13-3)77(69-85)51-55-81-73-93(107-97(111)49-39-29-19-9)83(75-91(81)105-95(109)47-37-27-17-7)57-53-79-71-90(104(118)124-68-46-36-26-16-6)80(72-89(79)103(117)123-67-45-35-25-15-5)54-58-84-76-92(106-96(110)48-38-28-18-8)82(74-94(84)108-98(112)50-40-30-20-10)56-52-78-70-86(100(114)120-64-42-32-22-12-2)60-62-88(78)102(116)122-66-44-34-24-14-4/h59-62,69-76H,11-50,63-68H2,1-10H3,(H,105,109)(H,106,110)(H,107,111)(H,108,112). The molecule has 0 spiro atoms. The van der Waals surface area contributed by atoms with Gasteiger partial charge < -0.3 is 49.7 Å². The number of anilines is 4. The first-order valence-electron chi connectivity index (χ1n) is 46.4. The SMILES string of the molecule is CCCCCCOC(=O)c1ccc(C(=O)OCCCCCC)c(C#Cc2cc(NC(=O)CCCCC)c(C#Cc3cc(C(=O)OCCCCCC)c(C#Cc4cc(NC(=O)CCCCC)c(C#Cc5cc(C(=O)OCCCCCC)ccc5C(=O)OCCCCCC)cc4NC(=O)CCCCC)cc3C(=O)OCCCCCC)cc2NC(=O)CCCCC)c1. The minimum Gasteiger partial charge on any atom is -0.462 e. The van der Waals surface area contributed by atoms with E-state index in [1.165, 1.54) is 48.5 Å². The van der Waals surface area contributed by atoms with Gasteiger partial charge >= 0.3 is 35.8 Å². The van der Waals surface area contributed by atoms with E-state index in [0.29, 0.717) is 64.2 Å². The molecule has 0 aliphatic heterocycles. The summed E-state index contributed by atoms with van der Waals surface area (Å²) in [5.41, 5.74) is 2.08. The van der Waals surface area contributed by atoms with Crippen LogP contribution in [0.1, 0.15) is 433 Å². The predicted molar refractivity (Wildman–Crippen MR) is 494 cm³/mol. The molecule has 0 saturated carbocycles. The molecule has 0 radical (unpaired) electrons. The van der Waals surface area contributed by atoms with Gasteiger partial charge in [-0.1, -0.05) is 284 Å². The van der Waals surface area contributed by atoms with Crippen molar-refractivity contribution >= 4 is 82.2 Å². The van der Waals surface area contributed by atoms with Crippen molar-refractivity contribution in [3.05, 3.63) is 151 Å². The van der Waals surface area contributed by atoms with Crippen LogP contribution in [0.2, 0.25) is 0 Å². The molecule has 20 heteroatoms. The third-order valence-corrected chi connectivity index (χ3v) is 20.7. The summed E-state index contributed by atoms with van der Waals surface area (Å²) in [5.74, 6) is 19.9.